The van der Waals surface area contributed by atoms with Gasteiger partial charge in [0.25, 0.3) is 10.0 Å². The van der Waals surface area contributed by atoms with Crippen LogP contribution in [0.4, 0.5) is 11.5 Å². The van der Waals surface area contributed by atoms with E-state index in [2.05, 4.69) is 14.6 Å². The lowest BCUT2D eigenvalue weighted by Crippen LogP contribution is -2.36. The molecule has 1 saturated heterocycles. The Balaban J connectivity index is 1.88. The molecule has 1 aliphatic heterocycles. The van der Waals surface area contributed by atoms with E-state index in [0.717, 1.165) is 11.3 Å². The molecule has 25 heavy (non-hydrogen) atoms. The highest BCUT2D eigenvalue weighted by molar-refractivity contribution is 7.92. The summed E-state index contributed by atoms with van der Waals surface area (Å²) in [6.07, 6.45) is 1.53. The number of rotatable bonds is 5. The second kappa shape index (κ2) is 7.28. The normalized spacial score (nSPS) is 15.0. The average Bonchev–Trinajstić information content (AvgIpc) is 2.62. The molecule has 7 nitrogen and oxygen atoms in total. The molecule has 0 unspecified atom stereocenters. The van der Waals surface area contributed by atoms with Gasteiger partial charge < -0.3 is 14.4 Å². The number of methoxy groups -OCH3 is 1. The Morgan fingerprint density at radius 1 is 1.20 bits per heavy atom. The van der Waals surface area contributed by atoms with Crippen LogP contribution in [-0.4, -0.2) is 46.8 Å². The van der Waals surface area contributed by atoms with Crippen LogP contribution < -0.4 is 14.4 Å². The van der Waals surface area contributed by atoms with E-state index in [1.807, 2.05) is 6.92 Å². The fraction of sp³-hybridized carbons (Fsp3) is 0.353. The zero-order valence-corrected chi connectivity index (χ0v) is 15.0. The number of nitrogens with one attached hydrogen (secondary N) is 1. The van der Waals surface area contributed by atoms with Crippen molar-refractivity contribution in [3.63, 3.8) is 0 Å². The van der Waals surface area contributed by atoms with Gasteiger partial charge in [-0.15, -0.1) is 0 Å². The molecule has 0 atom stereocenters. The Kier molecular flexibility index (Phi) is 5.10. The number of aryl methyl sites for hydroxylation is 1. The molecule has 0 radical (unpaired) electrons. The summed E-state index contributed by atoms with van der Waals surface area (Å²) in [6, 6.07) is 8.36. The van der Waals surface area contributed by atoms with Crippen LogP contribution in [0.25, 0.3) is 0 Å². The summed E-state index contributed by atoms with van der Waals surface area (Å²) < 4.78 is 38.3. The van der Waals surface area contributed by atoms with Crippen LogP contribution in [0.3, 0.4) is 0 Å². The molecule has 0 spiro atoms. The number of pyridine rings is 1. The number of ether oxygens (including phenoxy) is 2. The van der Waals surface area contributed by atoms with Gasteiger partial charge in [0, 0.05) is 19.2 Å². The summed E-state index contributed by atoms with van der Waals surface area (Å²) in [5.74, 6) is 0.850. The van der Waals surface area contributed by atoms with Gasteiger partial charge in [0.05, 0.1) is 37.1 Å². The predicted molar refractivity (Wildman–Crippen MR) is 95.8 cm³/mol. The van der Waals surface area contributed by atoms with Crippen LogP contribution in [-0.2, 0) is 14.8 Å². The van der Waals surface area contributed by atoms with Gasteiger partial charge in [-0.1, -0.05) is 17.7 Å². The van der Waals surface area contributed by atoms with Crippen LogP contribution in [0.1, 0.15) is 5.56 Å². The Hall–Kier alpha value is -2.32. The molecule has 8 heteroatoms. The molecule has 1 aromatic heterocycles. The largest absolute Gasteiger partial charge is 0.493 e. The van der Waals surface area contributed by atoms with E-state index in [1.165, 1.54) is 6.20 Å². The van der Waals surface area contributed by atoms with Crippen LogP contribution in [0.5, 0.6) is 5.75 Å². The minimum Gasteiger partial charge on any atom is -0.493 e. The van der Waals surface area contributed by atoms with Crippen molar-refractivity contribution in [2.24, 2.45) is 0 Å². The minimum atomic E-state index is -3.69. The van der Waals surface area contributed by atoms with Crippen molar-refractivity contribution in [2.45, 2.75) is 11.8 Å². The van der Waals surface area contributed by atoms with E-state index in [9.17, 15) is 8.42 Å². The summed E-state index contributed by atoms with van der Waals surface area (Å²) in [5.41, 5.74) is 1.79. The third-order valence-electron chi connectivity index (χ3n) is 3.99. The van der Waals surface area contributed by atoms with Crippen molar-refractivity contribution < 1.29 is 17.9 Å². The lowest BCUT2D eigenvalue weighted by molar-refractivity contribution is 0.122. The second-order valence-electron chi connectivity index (χ2n) is 5.76. The third kappa shape index (κ3) is 4.02. The molecule has 1 aliphatic rings. The van der Waals surface area contributed by atoms with Gasteiger partial charge in [0.2, 0.25) is 0 Å². The first-order valence-electron chi connectivity index (χ1n) is 7.96. The Morgan fingerprint density at radius 2 is 1.88 bits per heavy atom. The Labute approximate surface area is 147 Å². The molecule has 2 heterocycles. The maximum atomic E-state index is 12.5. The molecule has 0 saturated carbocycles. The molecule has 134 valence electrons. The Bertz CT molecular complexity index is 831. The standard InChI is InChI=1S/C17H21N3O4S/c1-13-3-5-14(6-4-13)25(21,22)19-17-11-15(16(23-2)12-18-17)20-7-9-24-10-8-20/h3-6,11-12H,7-10H2,1-2H3,(H,18,19). The summed E-state index contributed by atoms with van der Waals surface area (Å²) in [6.45, 7) is 4.57. The van der Waals surface area contributed by atoms with E-state index in [4.69, 9.17) is 9.47 Å². The van der Waals surface area contributed by atoms with Gasteiger partial charge in [-0.2, -0.15) is 0 Å². The average molecular weight is 363 g/mol. The van der Waals surface area contributed by atoms with Crippen LogP contribution in [0, 0.1) is 6.92 Å². The first kappa shape index (κ1) is 17.5. The number of aromatic nitrogens is 1. The summed E-state index contributed by atoms with van der Waals surface area (Å²) >= 11 is 0. The van der Waals surface area contributed by atoms with Crippen molar-refractivity contribution in [2.75, 3.05) is 43.0 Å². The quantitative estimate of drug-likeness (QED) is 0.876. The summed E-state index contributed by atoms with van der Waals surface area (Å²) in [4.78, 5) is 6.45. The number of morpholine rings is 1. The lowest BCUT2D eigenvalue weighted by atomic mass is 10.2. The monoisotopic (exact) mass is 363 g/mol. The molecule has 0 bridgehead atoms. The van der Waals surface area contributed by atoms with Crippen molar-refractivity contribution in [3.8, 4) is 5.75 Å². The summed E-state index contributed by atoms with van der Waals surface area (Å²) in [7, 11) is -2.13. The van der Waals surface area contributed by atoms with Gasteiger partial charge >= 0.3 is 0 Å². The first-order chi connectivity index (χ1) is 12.0. The third-order valence-corrected chi connectivity index (χ3v) is 5.36. The van der Waals surface area contributed by atoms with Gasteiger partial charge in [0.15, 0.2) is 5.75 Å². The van der Waals surface area contributed by atoms with Crippen LogP contribution >= 0.6 is 0 Å². The van der Waals surface area contributed by atoms with Crippen molar-refractivity contribution in [1.82, 2.24) is 4.98 Å². The smallest absolute Gasteiger partial charge is 0.263 e. The van der Waals surface area contributed by atoms with Crippen LogP contribution in [0.2, 0.25) is 0 Å². The molecule has 1 aromatic carbocycles. The topological polar surface area (TPSA) is 80.8 Å². The zero-order valence-electron chi connectivity index (χ0n) is 14.2. The SMILES string of the molecule is COc1cnc(NS(=O)(=O)c2ccc(C)cc2)cc1N1CCOCC1. The molecule has 3 rings (SSSR count). The van der Waals surface area contributed by atoms with Crippen molar-refractivity contribution in [1.29, 1.82) is 0 Å². The van der Waals surface area contributed by atoms with Gasteiger partial charge in [-0.05, 0) is 19.1 Å². The number of sulfonamides is 1. The number of hydrogen-bond donors (Lipinski definition) is 1. The predicted octanol–water partition coefficient (Wildman–Crippen LogP) is 2.04. The number of anilines is 2. The number of benzene rings is 1. The van der Waals surface area contributed by atoms with Gasteiger partial charge in [-0.25, -0.2) is 13.4 Å². The number of hydrogen-bond acceptors (Lipinski definition) is 6. The molecule has 1 fully saturated rings. The van der Waals surface area contributed by atoms with E-state index in [-0.39, 0.29) is 10.7 Å². The zero-order chi connectivity index (χ0) is 17.9. The lowest BCUT2D eigenvalue weighted by Gasteiger charge is -2.30. The highest BCUT2D eigenvalue weighted by Crippen LogP contribution is 2.31. The molecule has 2 aromatic rings. The van der Waals surface area contributed by atoms with E-state index < -0.39 is 10.0 Å². The highest BCUT2D eigenvalue weighted by atomic mass is 32.2. The minimum absolute atomic E-state index is 0.198. The Morgan fingerprint density at radius 3 is 2.52 bits per heavy atom. The molecule has 0 amide bonds. The van der Waals surface area contributed by atoms with Gasteiger partial charge in [-0.3, -0.25) is 4.72 Å². The summed E-state index contributed by atoms with van der Waals surface area (Å²) in [5, 5.41) is 0. The van der Waals surface area contributed by atoms with Gasteiger partial charge in [0.1, 0.15) is 5.82 Å². The number of nitrogens with zero attached hydrogens (tertiary/aromatic N) is 2. The molecule has 1 N–H and O–H groups in total. The fourth-order valence-corrected chi connectivity index (χ4v) is 3.61. The molecular weight excluding hydrogens is 342 g/mol. The fourth-order valence-electron chi connectivity index (χ4n) is 2.61. The van der Waals surface area contributed by atoms with E-state index >= 15 is 0 Å². The first-order valence-corrected chi connectivity index (χ1v) is 9.44. The van der Waals surface area contributed by atoms with Crippen LogP contribution in [0.15, 0.2) is 41.4 Å². The van der Waals surface area contributed by atoms with E-state index in [1.54, 1.807) is 37.4 Å². The second-order valence-corrected chi connectivity index (χ2v) is 7.44. The van der Waals surface area contributed by atoms with E-state index in [0.29, 0.717) is 32.1 Å². The van der Waals surface area contributed by atoms with Crippen molar-refractivity contribution in [3.05, 3.63) is 42.1 Å². The molecular formula is C17H21N3O4S. The highest BCUT2D eigenvalue weighted by Gasteiger charge is 2.19. The molecule has 0 aliphatic carbocycles. The van der Waals surface area contributed by atoms with Crippen molar-refractivity contribution >= 4 is 21.5 Å². The maximum Gasteiger partial charge on any atom is 0.263 e. The maximum absolute atomic E-state index is 12.5.